The largest absolute Gasteiger partial charge is 0.472 e. The second-order valence-corrected chi connectivity index (χ2v) is 30.4. The molecule has 19 heteroatoms. The number of hydrogen-bond acceptors (Lipinski definition) is 15. The first-order valence-electron chi connectivity index (χ1n) is 36.7. The third-order valence-corrected chi connectivity index (χ3v) is 18.2. The fourth-order valence-electron chi connectivity index (χ4n) is 10.7. The van der Waals surface area contributed by atoms with Crippen molar-refractivity contribution in [2.24, 2.45) is 23.7 Å². The highest BCUT2D eigenvalue weighted by Crippen LogP contribution is 2.45. The number of carbonyl (C=O) groups is 4. The van der Waals surface area contributed by atoms with E-state index < -0.39 is 97.5 Å². The summed E-state index contributed by atoms with van der Waals surface area (Å²) >= 11 is 0. The van der Waals surface area contributed by atoms with E-state index in [1.165, 1.54) is 154 Å². The number of aliphatic hydroxyl groups is 1. The van der Waals surface area contributed by atoms with Gasteiger partial charge in [0, 0.05) is 25.7 Å². The van der Waals surface area contributed by atoms with Crippen molar-refractivity contribution < 1.29 is 80.2 Å². The summed E-state index contributed by atoms with van der Waals surface area (Å²) in [5, 5.41) is 10.6. The molecule has 0 heterocycles. The zero-order chi connectivity index (χ0) is 66.8. The Labute approximate surface area is 549 Å². The molecule has 0 fully saturated rings. The lowest BCUT2D eigenvalue weighted by Gasteiger charge is -2.21. The van der Waals surface area contributed by atoms with Crippen LogP contribution in [0.5, 0.6) is 0 Å². The van der Waals surface area contributed by atoms with Gasteiger partial charge in [0.25, 0.3) is 0 Å². The summed E-state index contributed by atoms with van der Waals surface area (Å²) in [5.74, 6) is 0.858. The molecule has 0 bridgehead atoms. The molecule has 0 aromatic heterocycles. The van der Waals surface area contributed by atoms with Gasteiger partial charge in [0.15, 0.2) is 12.2 Å². The molecule has 0 spiro atoms. The molecule has 0 aromatic rings. The number of esters is 4. The zero-order valence-electron chi connectivity index (χ0n) is 58.8. The van der Waals surface area contributed by atoms with Gasteiger partial charge >= 0.3 is 39.5 Å². The number of unbranched alkanes of at least 4 members (excludes halogenated alkanes) is 34. The van der Waals surface area contributed by atoms with Gasteiger partial charge in [-0.15, -0.1) is 0 Å². The van der Waals surface area contributed by atoms with Crippen molar-refractivity contribution in [3.63, 3.8) is 0 Å². The number of phosphoric acid groups is 2. The third-order valence-electron chi connectivity index (χ3n) is 16.3. The number of hydrogen-bond donors (Lipinski definition) is 3. The van der Waals surface area contributed by atoms with Crippen molar-refractivity contribution in [3.05, 3.63) is 0 Å². The number of rotatable bonds is 68. The van der Waals surface area contributed by atoms with Gasteiger partial charge in [-0.25, -0.2) is 9.13 Å². The molecule has 0 aliphatic rings. The van der Waals surface area contributed by atoms with Gasteiger partial charge in [-0.1, -0.05) is 299 Å². The van der Waals surface area contributed by atoms with Crippen LogP contribution in [0.25, 0.3) is 0 Å². The molecule has 0 saturated carbocycles. The summed E-state index contributed by atoms with van der Waals surface area (Å²) < 4.78 is 68.3. The third kappa shape index (κ3) is 64.8. The maximum absolute atomic E-state index is 13.0. The van der Waals surface area contributed by atoms with Crippen molar-refractivity contribution in [3.8, 4) is 0 Å². The second kappa shape index (κ2) is 60.7. The molecule has 3 unspecified atom stereocenters. The van der Waals surface area contributed by atoms with Crippen molar-refractivity contribution in [1.29, 1.82) is 0 Å². The highest BCUT2D eigenvalue weighted by atomic mass is 31.2. The monoisotopic (exact) mass is 1320 g/mol. The van der Waals surface area contributed by atoms with E-state index in [4.69, 9.17) is 37.0 Å². The molecule has 5 atom stereocenters. The van der Waals surface area contributed by atoms with Gasteiger partial charge < -0.3 is 33.8 Å². The van der Waals surface area contributed by atoms with Crippen LogP contribution in [0.1, 0.15) is 351 Å². The van der Waals surface area contributed by atoms with Gasteiger partial charge in [0.1, 0.15) is 19.3 Å². The van der Waals surface area contributed by atoms with Crippen LogP contribution in [0.15, 0.2) is 0 Å². The second-order valence-electron chi connectivity index (χ2n) is 27.5. The zero-order valence-corrected chi connectivity index (χ0v) is 60.6. The number of phosphoric ester groups is 2. The molecule has 0 aliphatic carbocycles. The number of aliphatic hydroxyl groups excluding tert-OH is 1. The van der Waals surface area contributed by atoms with Crippen LogP contribution in [0.4, 0.5) is 0 Å². The molecule has 534 valence electrons. The first kappa shape index (κ1) is 88.1. The van der Waals surface area contributed by atoms with Gasteiger partial charge in [-0.05, 0) is 49.4 Å². The summed E-state index contributed by atoms with van der Waals surface area (Å²) in [6.07, 6.45) is 43.0. The predicted molar refractivity (Wildman–Crippen MR) is 363 cm³/mol. The Morgan fingerprint density at radius 1 is 0.278 bits per heavy atom. The minimum absolute atomic E-state index is 0.104. The molecule has 0 radical (unpaired) electrons. The van der Waals surface area contributed by atoms with Gasteiger partial charge in [0.2, 0.25) is 0 Å². The molecule has 0 aliphatic heterocycles. The first-order chi connectivity index (χ1) is 43.1. The standard InChI is InChI=1S/C71H138O17P2/c1-61(2)47-39-31-23-15-10-9-11-19-29-37-45-53-70(75)87-67(58-82-69(74)52-44-36-28-22-21-26-34-42-50-64(7)8)60-86-90(79,80)84-56-65(72)55-83-89(77,78)85-59-66(88-71(76)54-46-38-30-20-14-17-25-33-41-49-63(5)6)57-81-68(73)51-43-35-27-18-13-12-16-24-32-40-48-62(3)4/h61-67,72H,9-60H2,1-8H3,(H,77,78)(H,79,80)/t65?,66-,67-/m1/s1. The first-order valence-corrected chi connectivity index (χ1v) is 39.7. The minimum Gasteiger partial charge on any atom is -0.462 e. The van der Waals surface area contributed by atoms with E-state index >= 15 is 0 Å². The molecule has 0 amide bonds. The maximum atomic E-state index is 13.0. The summed E-state index contributed by atoms with van der Waals surface area (Å²) in [4.78, 5) is 72.6. The lowest BCUT2D eigenvalue weighted by Crippen LogP contribution is -2.30. The fraction of sp³-hybridized carbons (Fsp3) is 0.944. The highest BCUT2D eigenvalue weighted by molar-refractivity contribution is 7.47. The van der Waals surface area contributed by atoms with E-state index in [1.54, 1.807) is 0 Å². The van der Waals surface area contributed by atoms with Crippen LogP contribution in [0.3, 0.4) is 0 Å². The van der Waals surface area contributed by atoms with E-state index in [-0.39, 0.29) is 25.7 Å². The lowest BCUT2D eigenvalue weighted by atomic mass is 10.0. The van der Waals surface area contributed by atoms with Crippen molar-refractivity contribution in [2.75, 3.05) is 39.6 Å². The van der Waals surface area contributed by atoms with Crippen LogP contribution >= 0.6 is 15.6 Å². The minimum atomic E-state index is -4.95. The SMILES string of the molecule is CC(C)CCCCCCCCCCCCCC(=O)O[C@H](COC(=O)CCCCCCCCCCC(C)C)COP(=O)(O)OCC(O)COP(=O)(O)OC[C@@H](COC(=O)CCCCCCCCCCCCC(C)C)OC(=O)CCCCCCCCCCCC(C)C. The molecule has 0 rings (SSSR count). The van der Waals surface area contributed by atoms with E-state index in [0.29, 0.717) is 25.7 Å². The number of carbonyl (C=O) groups excluding carboxylic acids is 4. The van der Waals surface area contributed by atoms with Crippen LogP contribution < -0.4 is 0 Å². The van der Waals surface area contributed by atoms with E-state index in [9.17, 15) is 43.2 Å². The van der Waals surface area contributed by atoms with Crippen LogP contribution in [-0.4, -0.2) is 96.7 Å². The van der Waals surface area contributed by atoms with Crippen LogP contribution in [0.2, 0.25) is 0 Å². The van der Waals surface area contributed by atoms with Crippen LogP contribution in [-0.2, 0) is 65.4 Å². The Balaban J connectivity index is 5.27. The molecule has 0 aromatic carbocycles. The molecular weight excluding hydrogens is 1190 g/mol. The molecule has 3 N–H and O–H groups in total. The van der Waals surface area contributed by atoms with Gasteiger partial charge in [-0.2, -0.15) is 0 Å². The Hall–Kier alpha value is -1.94. The van der Waals surface area contributed by atoms with E-state index in [2.05, 4.69) is 55.4 Å². The van der Waals surface area contributed by atoms with Crippen molar-refractivity contribution in [1.82, 2.24) is 0 Å². The predicted octanol–water partition coefficient (Wildman–Crippen LogP) is 20.1. The molecular formula is C71H138O17P2. The summed E-state index contributed by atoms with van der Waals surface area (Å²) in [6, 6.07) is 0. The molecule has 90 heavy (non-hydrogen) atoms. The molecule has 0 saturated heterocycles. The quantitative estimate of drug-likeness (QED) is 0.0222. The van der Waals surface area contributed by atoms with Crippen molar-refractivity contribution >= 4 is 39.5 Å². The van der Waals surface area contributed by atoms with Crippen LogP contribution in [0, 0.1) is 23.7 Å². The normalized spacial score (nSPS) is 14.3. The lowest BCUT2D eigenvalue weighted by molar-refractivity contribution is -0.161. The Morgan fingerprint density at radius 3 is 0.689 bits per heavy atom. The maximum Gasteiger partial charge on any atom is 0.472 e. The average molecular weight is 1330 g/mol. The van der Waals surface area contributed by atoms with Crippen molar-refractivity contribution in [2.45, 2.75) is 369 Å². The van der Waals surface area contributed by atoms with Gasteiger partial charge in [0.05, 0.1) is 26.4 Å². The molecule has 17 nitrogen and oxygen atoms in total. The Morgan fingerprint density at radius 2 is 0.467 bits per heavy atom. The van der Waals surface area contributed by atoms with E-state index in [0.717, 1.165) is 114 Å². The Bertz CT molecular complexity index is 1750. The topological polar surface area (TPSA) is 237 Å². The highest BCUT2D eigenvalue weighted by Gasteiger charge is 2.30. The smallest absolute Gasteiger partial charge is 0.462 e. The summed E-state index contributed by atoms with van der Waals surface area (Å²) in [5.41, 5.74) is 0. The average Bonchev–Trinajstić information content (AvgIpc) is 2.73. The summed E-state index contributed by atoms with van der Waals surface area (Å²) in [7, 11) is -9.90. The van der Waals surface area contributed by atoms with Gasteiger partial charge in [-0.3, -0.25) is 37.3 Å². The fourth-order valence-corrected chi connectivity index (χ4v) is 12.2. The summed E-state index contributed by atoms with van der Waals surface area (Å²) in [6.45, 7) is 14.1. The number of ether oxygens (including phenoxy) is 4. The van der Waals surface area contributed by atoms with E-state index in [1.807, 2.05) is 0 Å². The Kier molecular flexibility index (Phi) is 59.4.